The summed E-state index contributed by atoms with van der Waals surface area (Å²) in [7, 11) is 0. The zero-order valence-corrected chi connectivity index (χ0v) is 51.2. The van der Waals surface area contributed by atoms with Crippen LogP contribution in [0.4, 0.5) is 0 Å². The van der Waals surface area contributed by atoms with Crippen LogP contribution in [0.15, 0.2) is 109 Å². The van der Waals surface area contributed by atoms with Gasteiger partial charge in [0.05, 0.1) is 0 Å². The highest BCUT2D eigenvalue weighted by Gasteiger charge is 2.19. The lowest BCUT2D eigenvalue weighted by Crippen LogP contribution is -2.30. The number of ether oxygens (including phenoxy) is 3. The second-order valence-electron chi connectivity index (χ2n) is 21.6. The molecular formula is C72H122O6. The summed E-state index contributed by atoms with van der Waals surface area (Å²) < 4.78 is 16.9. The first-order chi connectivity index (χ1) is 38.5. The van der Waals surface area contributed by atoms with Gasteiger partial charge in [-0.3, -0.25) is 14.4 Å². The summed E-state index contributed by atoms with van der Waals surface area (Å²) >= 11 is 0. The third-order valence-corrected chi connectivity index (χ3v) is 14.0. The molecule has 78 heavy (non-hydrogen) atoms. The van der Waals surface area contributed by atoms with E-state index < -0.39 is 6.10 Å². The first-order valence-electron chi connectivity index (χ1n) is 32.9. The summed E-state index contributed by atoms with van der Waals surface area (Å²) in [4.78, 5) is 38.3. The van der Waals surface area contributed by atoms with Crippen LogP contribution in [0.5, 0.6) is 0 Å². The normalized spacial score (nSPS) is 12.8. The largest absolute Gasteiger partial charge is 0.462 e. The highest BCUT2D eigenvalue weighted by atomic mass is 16.6. The average Bonchev–Trinajstić information content (AvgIpc) is 3.44. The summed E-state index contributed by atoms with van der Waals surface area (Å²) in [6.45, 7) is 6.42. The van der Waals surface area contributed by atoms with Gasteiger partial charge >= 0.3 is 17.9 Å². The molecule has 6 heteroatoms. The van der Waals surface area contributed by atoms with E-state index in [0.717, 1.165) is 128 Å². The minimum Gasteiger partial charge on any atom is -0.462 e. The van der Waals surface area contributed by atoms with Crippen LogP contribution in [-0.2, 0) is 28.6 Å². The van der Waals surface area contributed by atoms with Gasteiger partial charge in [-0.1, -0.05) is 297 Å². The van der Waals surface area contributed by atoms with Crippen molar-refractivity contribution >= 4 is 17.9 Å². The van der Waals surface area contributed by atoms with Crippen molar-refractivity contribution in [2.45, 2.75) is 316 Å². The molecule has 0 aromatic carbocycles. The third kappa shape index (κ3) is 62.9. The van der Waals surface area contributed by atoms with Gasteiger partial charge in [-0.25, -0.2) is 0 Å². The molecular weight excluding hydrogens is 961 g/mol. The third-order valence-electron chi connectivity index (χ3n) is 14.0. The Labute approximate surface area is 482 Å². The minimum atomic E-state index is -0.786. The van der Waals surface area contributed by atoms with Crippen molar-refractivity contribution in [1.82, 2.24) is 0 Å². The number of allylic oxidation sites excluding steroid dienone is 18. The quantitative estimate of drug-likeness (QED) is 0.0261. The fourth-order valence-corrected chi connectivity index (χ4v) is 9.17. The monoisotopic (exact) mass is 1080 g/mol. The molecule has 0 fully saturated rings. The summed E-state index contributed by atoms with van der Waals surface area (Å²) in [5, 5.41) is 0. The molecule has 0 radical (unpaired) electrons. The second-order valence-corrected chi connectivity index (χ2v) is 21.6. The highest BCUT2D eigenvalue weighted by Crippen LogP contribution is 2.16. The molecule has 0 rings (SSSR count). The Morgan fingerprint density at radius 2 is 0.500 bits per heavy atom. The second kappa shape index (κ2) is 65.6. The maximum atomic E-state index is 12.9. The molecule has 0 saturated heterocycles. The molecule has 0 aliphatic carbocycles. The van der Waals surface area contributed by atoms with Crippen molar-refractivity contribution in [2.24, 2.45) is 0 Å². The van der Waals surface area contributed by atoms with Crippen LogP contribution in [-0.4, -0.2) is 37.2 Å². The predicted octanol–water partition coefficient (Wildman–Crippen LogP) is 22.6. The molecule has 0 amide bonds. The van der Waals surface area contributed by atoms with Crippen molar-refractivity contribution < 1.29 is 28.6 Å². The van der Waals surface area contributed by atoms with Gasteiger partial charge in [-0.15, -0.1) is 0 Å². The minimum absolute atomic E-state index is 0.0815. The Morgan fingerprint density at radius 1 is 0.269 bits per heavy atom. The van der Waals surface area contributed by atoms with Crippen LogP contribution in [0.2, 0.25) is 0 Å². The lowest BCUT2D eigenvalue weighted by Gasteiger charge is -2.18. The molecule has 6 nitrogen and oxygen atoms in total. The van der Waals surface area contributed by atoms with E-state index in [1.807, 2.05) is 0 Å². The number of hydrogen-bond acceptors (Lipinski definition) is 6. The van der Waals surface area contributed by atoms with Gasteiger partial charge in [0.2, 0.25) is 0 Å². The first-order valence-corrected chi connectivity index (χ1v) is 32.9. The van der Waals surface area contributed by atoms with Gasteiger partial charge in [0.1, 0.15) is 13.2 Å². The van der Waals surface area contributed by atoms with Gasteiger partial charge in [-0.2, -0.15) is 0 Å². The topological polar surface area (TPSA) is 78.9 Å². The lowest BCUT2D eigenvalue weighted by atomic mass is 10.0. The van der Waals surface area contributed by atoms with Crippen molar-refractivity contribution in [2.75, 3.05) is 13.2 Å². The Kier molecular flexibility index (Phi) is 62.3. The number of carbonyl (C=O) groups excluding carboxylic acids is 3. The molecule has 0 aromatic rings. The van der Waals surface area contributed by atoms with E-state index in [2.05, 4.69) is 130 Å². The van der Waals surface area contributed by atoms with Gasteiger partial charge in [0.25, 0.3) is 0 Å². The molecule has 0 heterocycles. The Balaban J connectivity index is 4.27. The molecule has 446 valence electrons. The van der Waals surface area contributed by atoms with Crippen molar-refractivity contribution in [3.8, 4) is 0 Å². The molecule has 0 N–H and O–H groups in total. The van der Waals surface area contributed by atoms with Gasteiger partial charge in [0.15, 0.2) is 6.10 Å². The maximum absolute atomic E-state index is 12.9. The summed E-state index contributed by atoms with van der Waals surface area (Å²) in [5.74, 6) is -0.887. The molecule has 0 aromatic heterocycles. The average molecular weight is 1080 g/mol. The Morgan fingerprint density at radius 3 is 0.782 bits per heavy atom. The molecule has 1 atom stereocenters. The smallest absolute Gasteiger partial charge is 0.306 e. The van der Waals surface area contributed by atoms with Crippen LogP contribution in [0, 0.1) is 0 Å². The number of unbranched alkanes of at least 4 members (excludes halogenated alkanes) is 30. The van der Waals surface area contributed by atoms with Gasteiger partial charge in [0, 0.05) is 19.3 Å². The van der Waals surface area contributed by atoms with Crippen LogP contribution in [0.25, 0.3) is 0 Å². The van der Waals surface area contributed by atoms with E-state index >= 15 is 0 Å². The molecule has 1 unspecified atom stereocenters. The van der Waals surface area contributed by atoms with E-state index in [0.29, 0.717) is 19.3 Å². The molecule has 0 spiro atoms. The number of hydrogen-bond donors (Lipinski definition) is 0. The fourth-order valence-electron chi connectivity index (χ4n) is 9.17. The number of esters is 3. The van der Waals surface area contributed by atoms with Crippen molar-refractivity contribution in [1.29, 1.82) is 0 Å². The first kappa shape index (κ1) is 74.1. The van der Waals surface area contributed by atoms with Crippen LogP contribution in [0.1, 0.15) is 310 Å². The van der Waals surface area contributed by atoms with Crippen LogP contribution < -0.4 is 0 Å². The highest BCUT2D eigenvalue weighted by molar-refractivity contribution is 5.71. The Bertz CT molecular complexity index is 1570. The van der Waals surface area contributed by atoms with E-state index in [-0.39, 0.29) is 31.1 Å². The molecule has 0 aliphatic heterocycles. The zero-order valence-electron chi connectivity index (χ0n) is 51.2. The standard InChI is InChI=1S/C72H122O6/c1-4-7-10-13-16-19-22-25-27-29-31-32-33-34-35-36-37-38-39-40-42-43-45-47-50-53-56-59-62-65-71(74)77-68-69(67-76-70(73)64-61-58-55-52-49-24-21-18-15-12-9-6-3)78-72(75)66-63-60-57-54-51-48-46-44-41-30-28-26-23-20-17-14-11-8-5-2/h7-8,10-11,16-17,19-20,25-28,31-32,34-35,41,44,69H,4-6,9,12-15,18,21-24,29-30,33,36-40,42-43,45-68H2,1-3H3/b10-7-,11-8-,19-16-,20-17-,27-25-,28-26-,32-31-,35-34-,44-41-. The Hall–Kier alpha value is -3.93. The summed E-state index contributed by atoms with van der Waals surface area (Å²) in [5.41, 5.74) is 0. The number of carbonyl (C=O) groups is 3. The maximum Gasteiger partial charge on any atom is 0.306 e. The molecule has 0 bridgehead atoms. The van der Waals surface area contributed by atoms with E-state index in [1.54, 1.807) is 0 Å². The van der Waals surface area contributed by atoms with E-state index in [4.69, 9.17) is 14.2 Å². The fraction of sp³-hybridized carbons (Fsp3) is 0.708. The summed E-state index contributed by atoms with van der Waals surface area (Å²) in [6.07, 6.45) is 89.6. The molecule has 0 saturated carbocycles. The van der Waals surface area contributed by atoms with E-state index in [9.17, 15) is 14.4 Å². The number of rotatable bonds is 59. The zero-order chi connectivity index (χ0) is 56.4. The van der Waals surface area contributed by atoms with Crippen LogP contribution in [0.3, 0.4) is 0 Å². The van der Waals surface area contributed by atoms with Gasteiger partial charge in [-0.05, 0) is 103 Å². The van der Waals surface area contributed by atoms with E-state index in [1.165, 1.54) is 141 Å². The SMILES string of the molecule is CC/C=C\C/C=C\C/C=C\C/C=C\C/C=C\CCCCCCCCCCCCCCCC(=O)OCC(COC(=O)CCCCCCCCCCCCCC)OC(=O)CCCCCCCC/C=C\C/C=C\C/C=C\C/C=C\CC. The predicted molar refractivity (Wildman–Crippen MR) is 339 cm³/mol. The van der Waals surface area contributed by atoms with Crippen LogP contribution >= 0.6 is 0 Å². The summed E-state index contributed by atoms with van der Waals surface area (Å²) in [6, 6.07) is 0. The molecule has 0 aliphatic rings. The van der Waals surface area contributed by atoms with Gasteiger partial charge < -0.3 is 14.2 Å². The lowest BCUT2D eigenvalue weighted by molar-refractivity contribution is -0.167. The van der Waals surface area contributed by atoms with Crippen molar-refractivity contribution in [3.63, 3.8) is 0 Å². The van der Waals surface area contributed by atoms with Crippen molar-refractivity contribution in [3.05, 3.63) is 109 Å².